The van der Waals surface area contributed by atoms with Crippen LogP contribution < -0.4 is 10.6 Å². The normalized spacial score (nSPS) is 9.69. The van der Waals surface area contributed by atoms with Crippen molar-refractivity contribution in [1.29, 1.82) is 0 Å². The van der Waals surface area contributed by atoms with Gasteiger partial charge in [-0.15, -0.1) is 0 Å². The van der Waals surface area contributed by atoms with Gasteiger partial charge in [0.15, 0.2) is 0 Å². The molecule has 7 nitrogen and oxygen atoms in total. The smallest absolute Gasteiger partial charge is 0.325 e. The fourth-order valence-electron chi connectivity index (χ4n) is 0.890. The molecule has 2 N–H and O–H groups in total. The Kier molecular flexibility index (Phi) is 4.71. The summed E-state index contributed by atoms with van der Waals surface area (Å²) in [5.74, 6) is 0.165. The fourth-order valence-corrected chi connectivity index (χ4v) is 1.05. The Morgan fingerprint density at radius 1 is 1.31 bits per heavy atom. The van der Waals surface area contributed by atoms with Crippen molar-refractivity contribution in [3.05, 3.63) is 5.28 Å². The average molecular weight is 246 g/mol. The SMILES string of the molecule is CCNc1nc(Cl)nc(NCC(=O)OC)n1. The Labute approximate surface area is 97.6 Å². The first kappa shape index (κ1) is 12.4. The summed E-state index contributed by atoms with van der Waals surface area (Å²) in [4.78, 5) is 22.5. The van der Waals surface area contributed by atoms with Crippen molar-refractivity contribution in [3.63, 3.8) is 0 Å². The van der Waals surface area contributed by atoms with Crippen LogP contribution >= 0.6 is 11.6 Å². The molecule has 88 valence electrons. The van der Waals surface area contributed by atoms with E-state index < -0.39 is 5.97 Å². The third kappa shape index (κ3) is 3.85. The zero-order valence-corrected chi connectivity index (χ0v) is 9.71. The zero-order chi connectivity index (χ0) is 12.0. The molecule has 0 aromatic carbocycles. The van der Waals surface area contributed by atoms with E-state index in [4.69, 9.17) is 11.6 Å². The van der Waals surface area contributed by atoms with Crippen LogP contribution in [0.1, 0.15) is 6.92 Å². The number of carbonyl (C=O) groups excluding carboxylic acids is 1. The van der Waals surface area contributed by atoms with Gasteiger partial charge in [-0.05, 0) is 18.5 Å². The number of nitrogens with zero attached hydrogens (tertiary/aromatic N) is 3. The third-order valence-electron chi connectivity index (χ3n) is 1.56. The molecule has 1 aromatic heterocycles. The van der Waals surface area contributed by atoms with Gasteiger partial charge in [-0.3, -0.25) is 4.79 Å². The molecule has 0 aliphatic carbocycles. The first-order chi connectivity index (χ1) is 7.65. The summed E-state index contributed by atoms with van der Waals surface area (Å²) in [5.41, 5.74) is 0. The largest absolute Gasteiger partial charge is 0.468 e. The zero-order valence-electron chi connectivity index (χ0n) is 8.95. The Balaban J connectivity index is 2.68. The van der Waals surface area contributed by atoms with Crippen LogP contribution in [0.15, 0.2) is 0 Å². The van der Waals surface area contributed by atoms with Gasteiger partial charge in [0.05, 0.1) is 7.11 Å². The van der Waals surface area contributed by atoms with E-state index in [1.165, 1.54) is 7.11 Å². The van der Waals surface area contributed by atoms with Gasteiger partial charge in [0.25, 0.3) is 0 Å². The molecule has 1 rings (SSSR count). The van der Waals surface area contributed by atoms with Gasteiger partial charge < -0.3 is 15.4 Å². The lowest BCUT2D eigenvalue weighted by atomic mass is 10.6. The molecule has 0 fully saturated rings. The second-order valence-corrected chi connectivity index (χ2v) is 3.05. The van der Waals surface area contributed by atoms with Crippen molar-refractivity contribution in [1.82, 2.24) is 15.0 Å². The molecule has 0 atom stereocenters. The van der Waals surface area contributed by atoms with E-state index in [0.717, 1.165) is 0 Å². The first-order valence-corrected chi connectivity index (χ1v) is 4.99. The van der Waals surface area contributed by atoms with Crippen LogP contribution in [0.3, 0.4) is 0 Å². The second-order valence-electron chi connectivity index (χ2n) is 2.71. The number of hydrogen-bond acceptors (Lipinski definition) is 7. The minimum absolute atomic E-state index is 0.0254. The number of anilines is 2. The first-order valence-electron chi connectivity index (χ1n) is 4.61. The molecule has 1 heterocycles. The van der Waals surface area contributed by atoms with Crippen molar-refractivity contribution in [2.75, 3.05) is 30.8 Å². The number of esters is 1. The highest BCUT2D eigenvalue weighted by Gasteiger charge is 2.06. The number of hydrogen-bond donors (Lipinski definition) is 2. The summed E-state index contributed by atoms with van der Waals surface area (Å²) in [5, 5.41) is 5.62. The summed E-state index contributed by atoms with van der Waals surface area (Å²) in [7, 11) is 1.30. The standard InChI is InChI=1S/C8H12ClN5O2/c1-3-10-7-12-6(9)13-8(14-7)11-4-5(15)16-2/h3-4H2,1-2H3,(H2,10,11,12,13,14). The van der Waals surface area contributed by atoms with Gasteiger partial charge in [0, 0.05) is 6.54 Å². The monoisotopic (exact) mass is 245 g/mol. The van der Waals surface area contributed by atoms with Crippen molar-refractivity contribution in [2.24, 2.45) is 0 Å². The molecular formula is C8H12ClN5O2. The molecule has 0 spiro atoms. The number of rotatable bonds is 5. The quantitative estimate of drug-likeness (QED) is 0.732. The Morgan fingerprint density at radius 2 is 1.94 bits per heavy atom. The highest BCUT2D eigenvalue weighted by Crippen LogP contribution is 2.08. The minimum atomic E-state index is -0.415. The molecular weight excluding hydrogens is 234 g/mol. The van der Waals surface area contributed by atoms with E-state index in [-0.39, 0.29) is 17.8 Å². The molecule has 0 aliphatic heterocycles. The Bertz CT molecular complexity index is 373. The predicted octanol–water partition coefficient (Wildman–Crippen LogP) is 0.542. The summed E-state index contributed by atoms with van der Waals surface area (Å²) in [6.07, 6.45) is 0. The molecule has 0 bridgehead atoms. The van der Waals surface area contributed by atoms with Gasteiger partial charge >= 0.3 is 5.97 Å². The molecule has 0 saturated carbocycles. The number of aromatic nitrogens is 3. The van der Waals surface area contributed by atoms with E-state index in [2.05, 4.69) is 30.3 Å². The van der Waals surface area contributed by atoms with Crippen LogP contribution in [0.5, 0.6) is 0 Å². The topological polar surface area (TPSA) is 89.0 Å². The summed E-state index contributed by atoms with van der Waals surface area (Å²) < 4.78 is 4.46. The third-order valence-corrected chi connectivity index (χ3v) is 1.73. The van der Waals surface area contributed by atoms with Crippen LogP contribution in [-0.4, -0.2) is 41.1 Å². The summed E-state index contributed by atoms with van der Waals surface area (Å²) in [6.45, 7) is 2.54. The number of carbonyl (C=O) groups is 1. The maximum atomic E-state index is 10.9. The molecule has 0 saturated heterocycles. The van der Waals surface area contributed by atoms with Gasteiger partial charge in [0.2, 0.25) is 17.2 Å². The lowest BCUT2D eigenvalue weighted by Crippen LogP contribution is -2.17. The van der Waals surface area contributed by atoms with E-state index >= 15 is 0 Å². The Morgan fingerprint density at radius 3 is 2.50 bits per heavy atom. The fraction of sp³-hybridized carbons (Fsp3) is 0.500. The molecule has 0 aliphatic rings. The van der Waals surface area contributed by atoms with Crippen LogP contribution in [0, 0.1) is 0 Å². The van der Waals surface area contributed by atoms with E-state index in [1.807, 2.05) is 6.92 Å². The van der Waals surface area contributed by atoms with Gasteiger partial charge in [-0.1, -0.05) is 0 Å². The second kappa shape index (κ2) is 6.06. The van der Waals surface area contributed by atoms with Crippen LogP contribution in [0.25, 0.3) is 0 Å². The summed E-state index contributed by atoms with van der Waals surface area (Å²) >= 11 is 5.68. The number of ether oxygens (including phenoxy) is 1. The maximum Gasteiger partial charge on any atom is 0.325 e. The molecule has 8 heteroatoms. The van der Waals surface area contributed by atoms with Gasteiger partial charge in [0.1, 0.15) is 6.54 Å². The number of nitrogens with one attached hydrogen (secondary N) is 2. The van der Waals surface area contributed by atoms with Gasteiger partial charge in [-0.25, -0.2) is 0 Å². The highest BCUT2D eigenvalue weighted by molar-refractivity contribution is 6.28. The lowest BCUT2D eigenvalue weighted by molar-refractivity contribution is -0.138. The average Bonchev–Trinajstić information content (AvgIpc) is 2.25. The van der Waals surface area contributed by atoms with E-state index in [0.29, 0.717) is 12.5 Å². The van der Waals surface area contributed by atoms with Crippen LogP contribution in [0.4, 0.5) is 11.9 Å². The minimum Gasteiger partial charge on any atom is -0.468 e. The van der Waals surface area contributed by atoms with Crippen molar-refractivity contribution in [3.8, 4) is 0 Å². The van der Waals surface area contributed by atoms with E-state index in [9.17, 15) is 4.79 Å². The van der Waals surface area contributed by atoms with Crippen LogP contribution in [0.2, 0.25) is 5.28 Å². The van der Waals surface area contributed by atoms with Crippen molar-refractivity contribution >= 4 is 29.5 Å². The number of methoxy groups -OCH3 is 1. The van der Waals surface area contributed by atoms with Crippen molar-refractivity contribution < 1.29 is 9.53 Å². The predicted molar refractivity (Wildman–Crippen MR) is 59.5 cm³/mol. The number of halogens is 1. The van der Waals surface area contributed by atoms with Gasteiger partial charge in [-0.2, -0.15) is 15.0 Å². The molecule has 0 radical (unpaired) electrons. The molecule has 16 heavy (non-hydrogen) atoms. The van der Waals surface area contributed by atoms with Crippen LogP contribution in [-0.2, 0) is 9.53 Å². The lowest BCUT2D eigenvalue weighted by Gasteiger charge is -2.06. The molecule has 0 unspecified atom stereocenters. The summed E-state index contributed by atoms with van der Waals surface area (Å²) in [6, 6.07) is 0. The van der Waals surface area contributed by atoms with E-state index in [1.54, 1.807) is 0 Å². The maximum absolute atomic E-state index is 10.9. The Hall–Kier alpha value is -1.63. The molecule has 1 aromatic rings. The molecule has 0 amide bonds. The highest BCUT2D eigenvalue weighted by atomic mass is 35.5. The van der Waals surface area contributed by atoms with Crippen molar-refractivity contribution in [2.45, 2.75) is 6.92 Å².